The van der Waals surface area contributed by atoms with Crippen molar-refractivity contribution in [3.63, 3.8) is 0 Å². The fourth-order valence-electron chi connectivity index (χ4n) is 1.63. The molecular formula is C10H13FN2O4. The van der Waals surface area contributed by atoms with Crippen LogP contribution in [0.3, 0.4) is 0 Å². The Hall–Kier alpha value is -1.89. The van der Waals surface area contributed by atoms with E-state index in [1.54, 1.807) is 0 Å². The van der Waals surface area contributed by atoms with Crippen molar-refractivity contribution in [2.75, 3.05) is 0 Å². The number of halogens is 1. The minimum atomic E-state index is -1.12. The summed E-state index contributed by atoms with van der Waals surface area (Å²) in [5.74, 6) is -2.89. The van der Waals surface area contributed by atoms with Crippen LogP contribution in [0.4, 0.5) is 4.39 Å². The summed E-state index contributed by atoms with van der Waals surface area (Å²) in [4.78, 5) is 23.4. The summed E-state index contributed by atoms with van der Waals surface area (Å²) < 4.78 is 13.5. The lowest BCUT2D eigenvalue weighted by Crippen LogP contribution is -2.08. The van der Waals surface area contributed by atoms with E-state index in [1.165, 1.54) is 0 Å². The van der Waals surface area contributed by atoms with Gasteiger partial charge in [0.15, 0.2) is 5.95 Å². The zero-order chi connectivity index (χ0) is 13.0. The van der Waals surface area contributed by atoms with E-state index < -0.39 is 17.9 Å². The Morgan fingerprint density at radius 1 is 1.24 bits per heavy atom. The Morgan fingerprint density at radius 3 is 2.35 bits per heavy atom. The number of nitrogens with two attached hydrogens (primary N) is 1. The van der Waals surface area contributed by atoms with Crippen molar-refractivity contribution in [1.29, 1.82) is 0 Å². The minimum absolute atomic E-state index is 0.0212. The molecule has 1 aromatic heterocycles. The largest absolute Gasteiger partial charge is 0.481 e. The summed E-state index contributed by atoms with van der Waals surface area (Å²) in [5, 5.41) is 17.2. The van der Waals surface area contributed by atoms with Crippen molar-refractivity contribution in [2.45, 2.75) is 25.8 Å². The number of aromatic amines is 1. The second kappa shape index (κ2) is 5.44. The number of H-pyrrole nitrogens is 1. The lowest BCUT2D eigenvalue weighted by molar-refractivity contribution is -0.137. The summed E-state index contributed by atoms with van der Waals surface area (Å²) in [6.45, 7) is -0.0212. The number of hydrogen-bond acceptors (Lipinski definition) is 3. The van der Waals surface area contributed by atoms with E-state index in [4.69, 9.17) is 15.9 Å². The third kappa shape index (κ3) is 3.28. The zero-order valence-electron chi connectivity index (χ0n) is 8.99. The first-order valence-corrected chi connectivity index (χ1v) is 4.97. The molecule has 1 rings (SSSR count). The normalized spacial score (nSPS) is 10.5. The van der Waals surface area contributed by atoms with Gasteiger partial charge in [0.2, 0.25) is 0 Å². The molecule has 5 N–H and O–H groups in total. The van der Waals surface area contributed by atoms with Gasteiger partial charge in [0.25, 0.3) is 0 Å². The van der Waals surface area contributed by atoms with Crippen LogP contribution in [0.5, 0.6) is 0 Å². The maximum atomic E-state index is 13.5. The molecule has 0 aliphatic heterocycles. The van der Waals surface area contributed by atoms with Crippen molar-refractivity contribution < 1.29 is 24.2 Å². The van der Waals surface area contributed by atoms with Gasteiger partial charge in [-0.05, 0) is 12.0 Å². The molecule has 0 aromatic carbocycles. The van der Waals surface area contributed by atoms with Gasteiger partial charge in [-0.15, -0.1) is 0 Å². The number of rotatable bonds is 6. The maximum absolute atomic E-state index is 13.5. The van der Waals surface area contributed by atoms with Crippen LogP contribution in [0.2, 0.25) is 0 Å². The van der Waals surface area contributed by atoms with Gasteiger partial charge < -0.3 is 20.9 Å². The van der Waals surface area contributed by atoms with Crippen LogP contribution < -0.4 is 5.73 Å². The molecule has 0 radical (unpaired) electrons. The fraction of sp³-hybridized carbons (Fsp3) is 0.400. The Morgan fingerprint density at radius 2 is 1.88 bits per heavy atom. The topological polar surface area (TPSA) is 116 Å². The van der Waals surface area contributed by atoms with Gasteiger partial charge in [0.1, 0.15) is 0 Å². The number of carboxylic acid groups (broad SMARTS) is 2. The molecule has 0 unspecified atom stereocenters. The predicted molar refractivity (Wildman–Crippen MR) is 55.9 cm³/mol. The van der Waals surface area contributed by atoms with Gasteiger partial charge in [-0.25, -0.2) is 0 Å². The van der Waals surface area contributed by atoms with E-state index in [1.807, 2.05) is 0 Å². The number of hydrogen-bond donors (Lipinski definition) is 4. The summed E-state index contributed by atoms with van der Waals surface area (Å²) in [7, 11) is 0. The van der Waals surface area contributed by atoms with Crippen molar-refractivity contribution in [2.24, 2.45) is 5.73 Å². The summed E-state index contributed by atoms with van der Waals surface area (Å²) >= 11 is 0. The fourth-order valence-corrected chi connectivity index (χ4v) is 1.63. The Bertz CT molecular complexity index is 442. The van der Waals surface area contributed by atoms with Crippen LogP contribution in [0, 0.1) is 5.95 Å². The lowest BCUT2D eigenvalue weighted by atomic mass is 10.0. The summed E-state index contributed by atoms with van der Waals surface area (Å²) in [6.07, 6.45) is -0.687. The van der Waals surface area contributed by atoms with Crippen LogP contribution >= 0.6 is 0 Å². The van der Waals surface area contributed by atoms with Gasteiger partial charge in [-0.1, -0.05) is 0 Å². The molecule has 6 nitrogen and oxygen atoms in total. The van der Waals surface area contributed by atoms with E-state index in [2.05, 4.69) is 4.98 Å². The van der Waals surface area contributed by atoms with Gasteiger partial charge in [-0.2, -0.15) is 4.39 Å². The Kier molecular flexibility index (Phi) is 4.22. The molecule has 1 aromatic rings. The number of carboxylic acids is 2. The second-order valence-electron chi connectivity index (χ2n) is 3.54. The highest BCUT2D eigenvalue weighted by atomic mass is 19.1. The molecule has 0 bridgehead atoms. The van der Waals surface area contributed by atoms with E-state index in [0.717, 1.165) is 0 Å². The molecule has 17 heavy (non-hydrogen) atoms. The molecule has 1 heterocycles. The highest BCUT2D eigenvalue weighted by Crippen LogP contribution is 2.20. The van der Waals surface area contributed by atoms with E-state index in [0.29, 0.717) is 5.69 Å². The molecule has 94 valence electrons. The number of aliphatic carboxylic acids is 2. The SMILES string of the molecule is NCc1[nH]c(F)c(CCC(=O)O)c1CC(=O)O. The van der Waals surface area contributed by atoms with Crippen molar-refractivity contribution in [1.82, 2.24) is 4.98 Å². The average molecular weight is 244 g/mol. The standard InChI is InChI=1S/C10H13FN2O4/c11-10-5(1-2-8(14)15)6(3-9(16)17)7(4-12)13-10/h13H,1-4,12H2,(H,14,15)(H,16,17). The second-order valence-corrected chi connectivity index (χ2v) is 3.54. The Labute approximate surface area is 96.2 Å². The van der Waals surface area contributed by atoms with Gasteiger partial charge in [0.05, 0.1) is 6.42 Å². The minimum Gasteiger partial charge on any atom is -0.481 e. The quantitative estimate of drug-likeness (QED) is 0.572. The van der Waals surface area contributed by atoms with E-state index >= 15 is 0 Å². The number of aromatic nitrogens is 1. The first kappa shape index (κ1) is 13.2. The maximum Gasteiger partial charge on any atom is 0.307 e. The van der Waals surface area contributed by atoms with Crippen LogP contribution in [0.15, 0.2) is 0 Å². The third-order valence-corrected chi connectivity index (χ3v) is 2.38. The molecule has 0 saturated heterocycles. The molecule has 0 atom stereocenters. The molecule has 0 amide bonds. The predicted octanol–water partition coefficient (Wildman–Crippen LogP) is 0.257. The van der Waals surface area contributed by atoms with E-state index in [9.17, 15) is 14.0 Å². The van der Waals surface area contributed by atoms with Gasteiger partial charge in [-0.3, -0.25) is 9.59 Å². The smallest absolute Gasteiger partial charge is 0.307 e. The Balaban J connectivity index is 3.03. The van der Waals surface area contributed by atoms with Crippen LogP contribution in [-0.4, -0.2) is 27.1 Å². The molecule has 0 saturated carbocycles. The first-order chi connectivity index (χ1) is 7.95. The van der Waals surface area contributed by atoms with Crippen LogP contribution in [0.25, 0.3) is 0 Å². The van der Waals surface area contributed by atoms with Crippen LogP contribution in [-0.2, 0) is 29.0 Å². The number of nitrogens with one attached hydrogen (secondary N) is 1. The number of carbonyl (C=O) groups is 2. The summed E-state index contributed by atoms with van der Waals surface area (Å²) in [6, 6.07) is 0. The highest BCUT2D eigenvalue weighted by Gasteiger charge is 2.19. The molecule has 0 aliphatic rings. The molecule has 0 spiro atoms. The van der Waals surface area contributed by atoms with Crippen LogP contribution in [0.1, 0.15) is 23.2 Å². The van der Waals surface area contributed by atoms with E-state index in [-0.39, 0.29) is 36.9 Å². The third-order valence-electron chi connectivity index (χ3n) is 2.38. The molecule has 0 aliphatic carbocycles. The van der Waals surface area contributed by atoms with Gasteiger partial charge in [0, 0.05) is 24.2 Å². The van der Waals surface area contributed by atoms with Crippen molar-refractivity contribution in [3.05, 3.63) is 22.8 Å². The molecular weight excluding hydrogens is 231 g/mol. The molecule has 0 fully saturated rings. The average Bonchev–Trinajstić information content (AvgIpc) is 2.51. The highest BCUT2D eigenvalue weighted by molar-refractivity contribution is 5.72. The lowest BCUT2D eigenvalue weighted by Gasteiger charge is -2.02. The molecule has 7 heteroatoms. The van der Waals surface area contributed by atoms with Crippen molar-refractivity contribution >= 4 is 11.9 Å². The van der Waals surface area contributed by atoms with Crippen molar-refractivity contribution in [3.8, 4) is 0 Å². The zero-order valence-corrected chi connectivity index (χ0v) is 8.99. The summed E-state index contributed by atoms with van der Waals surface area (Å²) in [5.41, 5.74) is 6.00. The monoisotopic (exact) mass is 244 g/mol. The van der Waals surface area contributed by atoms with Gasteiger partial charge >= 0.3 is 11.9 Å². The first-order valence-electron chi connectivity index (χ1n) is 4.97.